The SMILES string of the molecule is Cc1cc(C2CC(O)c3cc(Cl)ccc3O2)ccc1F. The minimum atomic E-state index is -0.632. The largest absolute Gasteiger partial charge is 0.485 e. The van der Waals surface area contributed by atoms with Crippen LogP contribution in [0, 0.1) is 12.7 Å². The Balaban J connectivity index is 1.94. The molecule has 4 heteroatoms. The molecule has 0 saturated carbocycles. The number of ether oxygens (including phenoxy) is 1. The molecule has 20 heavy (non-hydrogen) atoms. The number of fused-ring (bicyclic) bond motifs is 1. The molecular formula is C16H14ClFO2. The van der Waals surface area contributed by atoms with Crippen molar-refractivity contribution in [3.8, 4) is 5.75 Å². The lowest BCUT2D eigenvalue weighted by Crippen LogP contribution is -2.19. The molecule has 0 aliphatic carbocycles. The molecule has 3 rings (SSSR count). The predicted molar refractivity (Wildman–Crippen MR) is 75.5 cm³/mol. The van der Waals surface area contributed by atoms with Gasteiger partial charge in [0.2, 0.25) is 0 Å². The highest BCUT2D eigenvalue weighted by atomic mass is 35.5. The molecule has 1 heterocycles. The summed E-state index contributed by atoms with van der Waals surface area (Å²) in [5.74, 6) is 0.386. The van der Waals surface area contributed by atoms with Gasteiger partial charge in [-0.3, -0.25) is 0 Å². The summed E-state index contributed by atoms with van der Waals surface area (Å²) in [5, 5.41) is 10.8. The van der Waals surface area contributed by atoms with E-state index in [0.29, 0.717) is 28.3 Å². The molecule has 104 valence electrons. The zero-order valence-electron chi connectivity index (χ0n) is 10.9. The van der Waals surface area contributed by atoms with Gasteiger partial charge in [-0.15, -0.1) is 0 Å². The number of hydrogen-bond acceptors (Lipinski definition) is 2. The Kier molecular flexibility index (Phi) is 3.40. The van der Waals surface area contributed by atoms with Crippen LogP contribution >= 0.6 is 11.6 Å². The number of benzene rings is 2. The third-order valence-electron chi connectivity index (χ3n) is 3.59. The predicted octanol–water partition coefficient (Wildman–Crippen LogP) is 4.34. The number of aliphatic hydroxyl groups is 1. The quantitative estimate of drug-likeness (QED) is 0.847. The van der Waals surface area contributed by atoms with Crippen LogP contribution < -0.4 is 4.74 Å². The second-order valence-corrected chi connectivity index (χ2v) is 5.49. The van der Waals surface area contributed by atoms with Gasteiger partial charge in [0.15, 0.2) is 0 Å². The van der Waals surface area contributed by atoms with Crippen LogP contribution in [-0.4, -0.2) is 5.11 Å². The van der Waals surface area contributed by atoms with Crippen LogP contribution in [0.2, 0.25) is 5.02 Å². The molecule has 1 aliphatic rings. The van der Waals surface area contributed by atoms with Crippen LogP contribution in [0.3, 0.4) is 0 Å². The van der Waals surface area contributed by atoms with Crippen LogP contribution in [0.1, 0.15) is 35.3 Å². The van der Waals surface area contributed by atoms with Crippen molar-refractivity contribution < 1.29 is 14.2 Å². The molecule has 0 radical (unpaired) electrons. The third kappa shape index (κ3) is 2.39. The molecule has 2 unspecified atom stereocenters. The van der Waals surface area contributed by atoms with Gasteiger partial charge in [-0.05, 0) is 48.4 Å². The molecule has 0 saturated heterocycles. The zero-order chi connectivity index (χ0) is 14.3. The normalized spacial score (nSPS) is 21.2. The Bertz CT molecular complexity index is 657. The first-order chi connectivity index (χ1) is 9.54. The Morgan fingerprint density at radius 3 is 2.80 bits per heavy atom. The highest BCUT2D eigenvalue weighted by Crippen LogP contribution is 2.41. The van der Waals surface area contributed by atoms with Gasteiger partial charge in [0, 0.05) is 17.0 Å². The second-order valence-electron chi connectivity index (χ2n) is 5.05. The molecule has 0 spiro atoms. The lowest BCUT2D eigenvalue weighted by molar-refractivity contribution is 0.0657. The third-order valence-corrected chi connectivity index (χ3v) is 3.83. The molecule has 0 aromatic heterocycles. The van der Waals surface area contributed by atoms with Crippen LogP contribution in [0.25, 0.3) is 0 Å². The Morgan fingerprint density at radius 1 is 1.25 bits per heavy atom. The van der Waals surface area contributed by atoms with E-state index < -0.39 is 6.10 Å². The summed E-state index contributed by atoms with van der Waals surface area (Å²) in [6.07, 6.45) is -0.482. The smallest absolute Gasteiger partial charge is 0.127 e. The molecule has 1 aliphatic heterocycles. The number of aryl methyl sites for hydroxylation is 1. The lowest BCUT2D eigenvalue weighted by Gasteiger charge is -2.30. The van der Waals surface area contributed by atoms with E-state index >= 15 is 0 Å². The fourth-order valence-electron chi connectivity index (χ4n) is 2.49. The highest BCUT2D eigenvalue weighted by molar-refractivity contribution is 6.30. The standard InChI is InChI=1S/C16H14ClFO2/c1-9-6-10(2-4-13(9)18)16-8-14(19)12-7-11(17)3-5-15(12)20-16/h2-7,14,16,19H,8H2,1H3. The van der Waals surface area contributed by atoms with E-state index in [1.54, 1.807) is 37.3 Å². The summed E-state index contributed by atoms with van der Waals surface area (Å²) >= 11 is 5.93. The van der Waals surface area contributed by atoms with E-state index in [0.717, 1.165) is 5.56 Å². The van der Waals surface area contributed by atoms with Gasteiger partial charge in [0.1, 0.15) is 17.7 Å². The van der Waals surface area contributed by atoms with Crippen molar-refractivity contribution in [2.24, 2.45) is 0 Å². The van der Waals surface area contributed by atoms with Crippen molar-refractivity contribution in [1.82, 2.24) is 0 Å². The fourth-order valence-corrected chi connectivity index (χ4v) is 2.67. The van der Waals surface area contributed by atoms with Crippen molar-refractivity contribution in [2.45, 2.75) is 25.6 Å². The maximum absolute atomic E-state index is 13.3. The highest BCUT2D eigenvalue weighted by Gasteiger charge is 2.28. The Hall–Kier alpha value is -1.58. The van der Waals surface area contributed by atoms with E-state index in [2.05, 4.69) is 0 Å². The number of rotatable bonds is 1. The van der Waals surface area contributed by atoms with Gasteiger partial charge in [-0.2, -0.15) is 0 Å². The van der Waals surface area contributed by atoms with Crippen molar-refractivity contribution in [2.75, 3.05) is 0 Å². The number of halogens is 2. The van der Waals surface area contributed by atoms with Crippen LogP contribution in [-0.2, 0) is 0 Å². The van der Waals surface area contributed by atoms with Gasteiger partial charge in [-0.1, -0.05) is 17.7 Å². The second kappa shape index (κ2) is 5.08. The summed E-state index contributed by atoms with van der Waals surface area (Å²) in [6, 6.07) is 10.1. The summed E-state index contributed by atoms with van der Waals surface area (Å²) in [5.41, 5.74) is 2.14. The molecule has 0 bridgehead atoms. The molecule has 1 N–H and O–H groups in total. The van der Waals surface area contributed by atoms with Crippen molar-refractivity contribution in [3.63, 3.8) is 0 Å². The zero-order valence-corrected chi connectivity index (χ0v) is 11.7. The first-order valence-corrected chi connectivity index (χ1v) is 6.82. The first kappa shape index (κ1) is 13.4. The summed E-state index contributed by atoms with van der Waals surface area (Å²) in [4.78, 5) is 0. The minimum Gasteiger partial charge on any atom is -0.485 e. The Morgan fingerprint density at radius 2 is 2.05 bits per heavy atom. The summed E-state index contributed by atoms with van der Waals surface area (Å²) < 4.78 is 19.2. The molecule has 0 fully saturated rings. The van der Waals surface area contributed by atoms with Crippen molar-refractivity contribution >= 4 is 11.6 Å². The van der Waals surface area contributed by atoms with Crippen molar-refractivity contribution in [1.29, 1.82) is 0 Å². The van der Waals surface area contributed by atoms with Crippen molar-refractivity contribution in [3.05, 3.63) is 63.9 Å². The van der Waals surface area contributed by atoms with E-state index in [1.807, 2.05) is 0 Å². The molecule has 0 amide bonds. The van der Waals surface area contributed by atoms with Crippen LogP contribution in [0.15, 0.2) is 36.4 Å². The van der Waals surface area contributed by atoms with Gasteiger partial charge in [-0.25, -0.2) is 4.39 Å². The van der Waals surface area contributed by atoms with Crippen LogP contribution in [0.5, 0.6) is 5.75 Å². The topological polar surface area (TPSA) is 29.5 Å². The number of aliphatic hydroxyl groups excluding tert-OH is 1. The van der Waals surface area contributed by atoms with Crippen LogP contribution in [0.4, 0.5) is 4.39 Å². The molecule has 2 nitrogen and oxygen atoms in total. The maximum atomic E-state index is 13.3. The molecular weight excluding hydrogens is 279 g/mol. The van der Waals surface area contributed by atoms with Gasteiger partial charge in [0.25, 0.3) is 0 Å². The molecule has 2 aromatic rings. The number of hydrogen-bond donors (Lipinski definition) is 1. The average Bonchev–Trinajstić information content (AvgIpc) is 2.42. The molecule has 2 aromatic carbocycles. The molecule has 2 atom stereocenters. The van der Waals surface area contributed by atoms with Gasteiger partial charge >= 0.3 is 0 Å². The lowest BCUT2D eigenvalue weighted by atomic mass is 9.94. The average molecular weight is 293 g/mol. The van der Waals surface area contributed by atoms with E-state index in [1.165, 1.54) is 6.07 Å². The summed E-state index contributed by atoms with van der Waals surface area (Å²) in [6.45, 7) is 1.71. The first-order valence-electron chi connectivity index (χ1n) is 6.45. The summed E-state index contributed by atoms with van der Waals surface area (Å²) in [7, 11) is 0. The Labute approximate surface area is 121 Å². The monoisotopic (exact) mass is 292 g/mol. The van der Waals surface area contributed by atoms with E-state index in [-0.39, 0.29) is 11.9 Å². The fraction of sp³-hybridized carbons (Fsp3) is 0.250. The van der Waals surface area contributed by atoms with Gasteiger partial charge < -0.3 is 9.84 Å². The minimum absolute atomic E-state index is 0.239. The van der Waals surface area contributed by atoms with E-state index in [9.17, 15) is 9.50 Å². The maximum Gasteiger partial charge on any atom is 0.127 e. The van der Waals surface area contributed by atoms with Gasteiger partial charge in [0.05, 0.1) is 6.10 Å². The van der Waals surface area contributed by atoms with E-state index in [4.69, 9.17) is 16.3 Å².